The summed E-state index contributed by atoms with van der Waals surface area (Å²) < 4.78 is 18.2. The average Bonchev–Trinajstić information content (AvgIpc) is 2.82. The van der Waals surface area contributed by atoms with Crippen molar-refractivity contribution in [3.8, 4) is 11.5 Å². The van der Waals surface area contributed by atoms with Crippen molar-refractivity contribution in [3.63, 3.8) is 0 Å². The number of fused-ring (bicyclic) bond motifs is 1. The Bertz CT molecular complexity index is 1110. The highest BCUT2D eigenvalue weighted by Crippen LogP contribution is 2.44. The second-order valence-electron chi connectivity index (χ2n) is 8.68. The van der Waals surface area contributed by atoms with Crippen molar-refractivity contribution in [3.05, 3.63) is 94.0 Å². The summed E-state index contributed by atoms with van der Waals surface area (Å²) in [6, 6.07) is 19.9. The second kappa shape index (κ2) is 9.07. The highest BCUT2D eigenvalue weighted by atomic mass is 16.6. The summed E-state index contributed by atoms with van der Waals surface area (Å²) in [5.41, 5.74) is 5.34. The van der Waals surface area contributed by atoms with E-state index in [4.69, 9.17) is 14.2 Å². The molecular weight excluding hydrogens is 400 g/mol. The van der Waals surface area contributed by atoms with E-state index in [0.717, 1.165) is 51.3 Å². The number of carbonyl (C=O) groups is 1. The van der Waals surface area contributed by atoms with Crippen LogP contribution >= 0.6 is 0 Å². The third kappa shape index (κ3) is 4.36. The summed E-state index contributed by atoms with van der Waals surface area (Å²) in [5, 5.41) is 0. The monoisotopic (exact) mass is 430 g/mol. The summed E-state index contributed by atoms with van der Waals surface area (Å²) in [4.78, 5) is 12.9. The molecule has 0 N–H and O–H groups in total. The van der Waals surface area contributed by atoms with Crippen LogP contribution in [0.3, 0.4) is 0 Å². The third-order valence-electron chi connectivity index (χ3n) is 6.36. The molecule has 0 amide bonds. The maximum absolute atomic E-state index is 12.9. The Kier molecular flexibility index (Phi) is 6.22. The zero-order valence-electron chi connectivity index (χ0n) is 19.2. The van der Waals surface area contributed by atoms with E-state index in [9.17, 15) is 4.79 Å². The Balaban J connectivity index is 1.53. The molecule has 0 aliphatic carbocycles. The molecule has 1 aliphatic heterocycles. The summed E-state index contributed by atoms with van der Waals surface area (Å²) in [6.45, 7) is 8.74. The molecule has 1 aliphatic rings. The number of benzene rings is 3. The van der Waals surface area contributed by atoms with E-state index in [2.05, 4.69) is 19.1 Å². The zero-order valence-corrected chi connectivity index (χ0v) is 19.2. The Morgan fingerprint density at radius 2 is 1.47 bits per heavy atom. The lowest BCUT2D eigenvalue weighted by Crippen LogP contribution is -2.45. The van der Waals surface area contributed by atoms with Crippen LogP contribution in [0.15, 0.2) is 60.7 Å². The van der Waals surface area contributed by atoms with Crippen LogP contribution in [-0.4, -0.2) is 11.6 Å². The fourth-order valence-electron chi connectivity index (χ4n) is 4.20. The van der Waals surface area contributed by atoms with E-state index in [1.807, 2.05) is 69.3 Å². The van der Waals surface area contributed by atoms with Crippen LogP contribution in [0.2, 0.25) is 0 Å². The van der Waals surface area contributed by atoms with E-state index in [1.165, 1.54) is 0 Å². The number of hydrogen-bond donors (Lipinski definition) is 0. The van der Waals surface area contributed by atoms with Gasteiger partial charge in [-0.2, -0.15) is 0 Å². The molecule has 0 radical (unpaired) electrons. The molecule has 0 saturated heterocycles. The summed E-state index contributed by atoms with van der Waals surface area (Å²) in [5.74, 6) is 1.37. The first-order valence-corrected chi connectivity index (χ1v) is 11.1. The fourth-order valence-corrected chi connectivity index (χ4v) is 4.20. The number of hydrogen-bond acceptors (Lipinski definition) is 4. The van der Waals surface area contributed by atoms with Crippen LogP contribution in [0.1, 0.15) is 46.7 Å². The van der Waals surface area contributed by atoms with Gasteiger partial charge in [0.1, 0.15) is 24.7 Å². The predicted molar refractivity (Wildman–Crippen MR) is 125 cm³/mol. The normalized spacial score (nSPS) is 17.2. The molecule has 3 aromatic carbocycles. The molecule has 0 aromatic heterocycles. The molecule has 4 rings (SSSR count). The molecule has 3 aromatic rings. The number of carbonyl (C=O) groups excluding carboxylic acids is 1. The molecule has 0 saturated carbocycles. The molecule has 0 spiro atoms. The predicted octanol–water partition coefficient (Wildman–Crippen LogP) is 6.02. The largest absolute Gasteiger partial charge is 0.488 e. The third-order valence-corrected chi connectivity index (χ3v) is 6.36. The first-order chi connectivity index (χ1) is 15.4. The van der Waals surface area contributed by atoms with Crippen LogP contribution in [0.25, 0.3) is 0 Å². The highest BCUT2D eigenvalue weighted by molar-refractivity contribution is 5.80. The Morgan fingerprint density at radius 1 is 0.875 bits per heavy atom. The molecule has 1 unspecified atom stereocenters. The van der Waals surface area contributed by atoms with Crippen molar-refractivity contribution in [2.75, 3.05) is 0 Å². The lowest BCUT2D eigenvalue weighted by molar-refractivity contribution is -0.163. The Labute approximate surface area is 190 Å². The van der Waals surface area contributed by atoms with Crippen molar-refractivity contribution < 1.29 is 19.0 Å². The van der Waals surface area contributed by atoms with E-state index < -0.39 is 5.60 Å². The van der Waals surface area contributed by atoms with Gasteiger partial charge in [-0.15, -0.1) is 0 Å². The van der Waals surface area contributed by atoms with Crippen molar-refractivity contribution in [2.45, 2.75) is 59.4 Å². The molecule has 4 heteroatoms. The van der Waals surface area contributed by atoms with Gasteiger partial charge in [0, 0.05) is 12.0 Å². The van der Waals surface area contributed by atoms with Gasteiger partial charge < -0.3 is 14.2 Å². The van der Waals surface area contributed by atoms with E-state index in [-0.39, 0.29) is 12.6 Å². The summed E-state index contributed by atoms with van der Waals surface area (Å²) in [7, 11) is 0. The SMILES string of the molecule is Cc1c(C)c2c(c(C)c1OCc1ccccc1)CCC(C)(C(=O)OCc1ccccc1)O2. The minimum absolute atomic E-state index is 0.245. The number of ether oxygens (including phenoxy) is 3. The average molecular weight is 431 g/mol. The van der Waals surface area contributed by atoms with Gasteiger partial charge in [0.25, 0.3) is 0 Å². The smallest absolute Gasteiger partial charge is 0.350 e. The molecule has 1 atom stereocenters. The topological polar surface area (TPSA) is 44.8 Å². The minimum Gasteiger partial charge on any atom is -0.488 e. The van der Waals surface area contributed by atoms with Crippen LogP contribution in [0, 0.1) is 20.8 Å². The van der Waals surface area contributed by atoms with Crippen molar-refractivity contribution in [1.82, 2.24) is 0 Å². The van der Waals surface area contributed by atoms with Gasteiger partial charge in [-0.25, -0.2) is 4.79 Å². The van der Waals surface area contributed by atoms with Crippen molar-refractivity contribution in [2.24, 2.45) is 0 Å². The Morgan fingerprint density at radius 3 is 2.09 bits per heavy atom. The summed E-state index contributed by atoms with van der Waals surface area (Å²) >= 11 is 0. The van der Waals surface area contributed by atoms with Gasteiger partial charge in [0.2, 0.25) is 5.60 Å². The van der Waals surface area contributed by atoms with Gasteiger partial charge in [0.05, 0.1) is 0 Å². The second-order valence-corrected chi connectivity index (χ2v) is 8.68. The zero-order chi connectivity index (χ0) is 22.7. The molecule has 0 fully saturated rings. The highest BCUT2D eigenvalue weighted by Gasteiger charge is 2.42. The maximum Gasteiger partial charge on any atom is 0.350 e. The van der Waals surface area contributed by atoms with Crippen molar-refractivity contribution >= 4 is 5.97 Å². The van der Waals surface area contributed by atoms with Crippen LogP contribution in [-0.2, 0) is 29.2 Å². The number of esters is 1. The molecular formula is C28H30O4. The molecule has 0 bridgehead atoms. The van der Waals surface area contributed by atoms with Crippen LogP contribution in [0.5, 0.6) is 11.5 Å². The van der Waals surface area contributed by atoms with E-state index >= 15 is 0 Å². The van der Waals surface area contributed by atoms with Gasteiger partial charge in [-0.1, -0.05) is 60.7 Å². The van der Waals surface area contributed by atoms with Gasteiger partial charge in [-0.05, 0) is 61.9 Å². The molecule has 32 heavy (non-hydrogen) atoms. The van der Waals surface area contributed by atoms with E-state index in [0.29, 0.717) is 13.0 Å². The molecule has 1 heterocycles. The van der Waals surface area contributed by atoms with Crippen LogP contribution < -0.4 is 9.47 Å². The first kappa shape index (κ1) is 21.9. The van der Waals surface area contributed by atoms with Gasteiger partial charge >= 0.3 is 5.97 Å². The lowest BCUT2D eigenvalue weighted by Gasteiger charge is -2.36. The lowest BCUT2D eigenvalue weighted by atomic mass is 9.87. The van der Waals surface area contributed by atoms with Crippen LogP contribution in [0.4, 0.5) is 0 Å². The number of rotatable bonds is 6. The molecule has 166 valence electrons. The van der Waals surface area contributed by atoms with Gasteiger partial charge in [0.15, 0.2) is 0 Å². The first-order valence-electron chi connectivity index (χ1n) is 11.1. The van der Waals surface area contributed by atoms with E-state index in [1.54, 1.807) is 0 Å². The van der Waals surface area contributed by atoms with Gasteiger partial charge in [-0.3, -0.25) is 0 Å². The Hall–Kier alpha value is -3.27. The minimum atomic E-state index is -1.00. The standard InChI is InChI=1S/C28H30O4/c1-19-20(2)26-24(21(3)25(19)30-17-22-11-7-5-8-12-22)15-16-28(4,32-26)27(29)31-18-23-13-9-6-10-14-23/h5-14H,15-18H2,1-4H3. The maximum atomic E-state index is 12.9. The molecule has 4 nitrogen and oxygen atoms in total. The van der Waals surface area contributed by atoms with Crippen molar-refractivity contribution in [1.29, 1.82) is 0 Å². The fraction of sp³-hybridized carbons (Fsp3) is 0.321. The quantitative estimate of drug-likeness (QED) is 0.449. The summed E-state index contributed by atoms with van der Waals surface area (Å²) in [6.07, 6.45) is 1.30.